The smallest absolute Gasteiger partial charge is 0.313 e. The average molecular weight is 503 g/mol. The van der Waals surface area contributed by atoms with Crippen molar-refractivity contribution in [2.45, 2.75) is 46.1 Å². The van der Waals surface area contributed by atoms with Crippen molar-refractivity contribution in [3.63, 3.8) is 0 Å². The molecule has 0 radical (unpaired) electrons. The van der Waals surface area contributed by atoms with Gasteiger partial charge in [-0.05, 0) is 87.2 Å². The average Bonchev–Trinajstić information content (AvgIpc) is 2.83. The molecular weight excluding hydrogens is 468 g/mol. The van der Waals surface area contributed by atoms with Crippen molar-refractivity contribution in [2.75, 3.05) is 30.4 Å². The number of fused-ring (bicyclic) bond motifs is 1. The summed E-state index contributed by atoms with van der Waals surface area (Å²) < 4.78 is 12.2. The molecule has 7 heteroatoms. The van der Waals surface area contributed by atoms with Gasteiger partial charge in [-0.15, -0.1) is 0 Å². The molecule has 1 heterocycles. The van der Waals surface area contributed by atoms with Crippen molar-refractivity contribution in [1.29, 1.82) is 0 Å². The summed E-state index contributed by atoms with van der Waals surface area (Å²) in [7, 11) is 2.04. The molecule has 7 nitrogen and oxygen atoms in total. The van der Waals surface area contributed by atoms with Crippen LogP contribution in [0.3, 0.4) is 0 Å². The first kappa shape index (κ1) is 26.1. The monoisotopic (exact) mass is 502 g/mol. The Kier molecular flexibility index (Phi) is 7.16. The minimum absolute atomic E-state index is 0.117. The van der Waals surface area contributed by atoms with Gasteiger partial charge in [0, 0.05) is 18.3 Å². The fourth-order valence-corrected chi connectivity index (χ4v) is 4.59. The Hall–Kier alpha value is -4.00. The molecular formula is C30H34N2O5. The van der Waals surface area contributed by atoms with Gasteiger partial charge in [-0.25, -0.2) is 0 Å². The lowest BCUT2D eigenvalue weighted by atomic mass is 9.84. The summed E-state index contributed by atoms with van der Waals surface area (Å²) in [5, 5.41) is 12.6. The maximum absolute atomic E-state index is 13.3. The van der Waals surface area contributed by atoms with Gasteiger partial charge in [-0.2, -0.15) is 0 Å². The fourth-order valence-electron chi connectivity index (χ4n) is 4.59. The second kappa shape index (κ2) is 10.2. The van der Waals surface area contributed by atoms with Crippen LogP contribution in [0.2, 0.25) is 0 Å². The van der Waals surface area contributed by atoms with Crippen molar-refractivity contribution in [3.8, 4) is 11.5 Å². The standard InChI is InChI=1S/C30H34N2O5/c1-18-11-12-21(30(4,5)29(34)35)15-24(18)31-28(33)27-19(2)13-22(14-20(27)3)36-17-23-16-32(6)25-9-7-8-10-26(25)37-23/h7-15,23H,16-17H2,1-6H3,(H,31,33)(H,34,35)/t23-/m0/s1. The van der Waals surface area contributed by atoms with E-state index in [1.54, 1.807) is 26.0 Å². The van der Waals surface area contributed by atoms with Gasteiger partial charge in [-0.3, -0.25) is 9.59 Å². The number of nitrogens with zero attached hydrogens (tertiary/aromatic N) is 1. The van der Waals surface area contributed by atoms with Crippen LogP contribution in [0.1, 0.15) is 46.5 Å². The van der Waals surface area contributed by atoms with Gasteiger partial charge in [0.15, 0.2) is 0 Å². The number of carbonyl (C=O) groups excluding carboxylic acids is 1. The Labute approximate surface area is 218 Å². The van der Waals surface area contributed by atoms with Crippen LogP contribution in [0.25, 0.3) is 0 Å². The summed E-state index contributed by atoms with van der Waals surface area (Å²) >= 11 is 0. The van der Waals surface area contributed by atoms with Gasteiger partial charge in [0.05, 0.1) is 17.6 Å². The number of anilines is 2. The number of hydrogen-bond acceptors (Lipinski definition) is 5. The van der Waals surface area contributed by atoms with Crippen LogP contribution in [0, 0.1) is 20.8 Å². The molecule has 194 valence electrons. The highest BCUT2D eigenvalue weighted by Gasteiger charge is 2.30. The number of benzene rings is 3. The van der Waals surface area contributed by atoms with Crippen molar-refractivity contribution >= 4 is 23.3 Å². The van der Waals surface area contributed by atoms with E-state index in [2.05, 4.69) is 10.2 Å². The Morgan fingerprint density at radius 2 is 1.73 bits per heavy atom. The lowest BCUT2D eigenvalue weighted by Crippen LogP contribution is -2.41. The van der Waals surface area contributed by atoms with E-state index in [0.29, 0.717) is 35.7 Å². The van der Waals surface area contributed by atoms with Crippen molar-refractivity contribution < 1.29 is 24.2 Å². The molecule has 37 heavy (non-hydrogen) atoms. The number of para-hydroxylation sites is 2. The summed E-state index contributed by atoms with van der Waals surface area (Å²) in [6.45, 7) is 10.0. The van der Waals surface area contributed by atoms with Crippen molar-refractivity contribution in [3.05, 3.63) is 82.4 Å². The van der Waals surface area contributed by atoms with Crippen LogP contribution in [-0.4, -0.2) is 43.3 Å². The molecule has 1 aliphatic rings. The summed E-state index contributed by atoms with van der Waals surface area (Å²) in [5.41, 5.74) is 4.21. The summed E-state index contributed by atoms with van der Waals surface area (Å²) in [4.78, 5) is 27.1. The van der Waals surface area contributed by atoms with E-state index < -0.39 is 11.4 Å². The third-order valence-corrected chi connectivity index (χ3v) is 6.96. The van der Waals surface area contributed by atoms with Crippen LogP contribution in [-0.2, 0) is 10.2 Å². The van der Waals surface area contributed by atoms with E-state index in [1.165, 1.54) is 0 Å². The van der Waals surface area contributed by atoms with Crippen molar-refractivity contribution in [2.24, 2.45) is 0 Å². The highest BCUT2D eigenvalue weighted by atomic mass is 16.5. The van der Waals surface area contributed by atoms with E-state index in [4.69, 9.17) is 9.47 Å². The number of aryl methyl sites for hydroxylation is 3. The third kappa shape index (κ3) is 5.40. The van der Waals surface area contributed by atoms with Gasteiger partial charge < -0.3 is 24.8 Å². The molecule has 0 aliphatic carbocycles. The van der Waals surface area contributed by atoms with E-state index in [-0.39, 0.29) is 12.0 Å². The second-order valence-electron chi connectivity index (χ2n) is 10.2. The molecule has 0 bridgehead atoms. The van der Waals surface area contributed by atoms with Gasteiger partial charge in [0.25, 0.3) is 5.91 Å². The third-order valence-electron chi connectivity index (χ3n) is 6.96. The Morgan fingerprint density at radius 1 is 1.05 bits per heavy atom. The predicted octanol–water partition coefficient (Wildman–Crippen LogP) is 5.50. The highest BCUT2D eigenvalue weighted by molar-refractivity contribution is 6.07. The zero-order valence-corrected chi connectivity index (χ0v) is 22.2. The first-order valence-electron chi connectivity index (χ1n) is 12.3. The van der Waals surface area contributed by atoms with Crippen LogP contribution in [0.15, 0.2) is 54.6 Å². The molecule has 3 aromatic rings. The lowest BCUT2D eigenvalue weighted by Gasteiger charge is -2.33. The number of likely N-dealkylation sites (N-methyl/N-ethyl adjacent to an activating group) is 1. The molecule has 3 aromatic carbocycles. The predicted molar refractivity (Wildman–Crippen MR) is 145 cm³/mol. The Morgan fingerprint density at radius 3 is 2.41 bits per heavy atom. The molecule has 0 saturated heterocycles. The number of carboxylic acids is 1. The van der Waals surface area contributed by atoms with Gasteiger partial charge in [0.1, 0.15) is 24.2 Å². The summed E-state index contributed by atoms with van der Waals surface area (Å²) in [6.07, 6.45) is -0.117. The minimum atomic E-state index is -1.07. The molecule has 4 rings (SSSR count). The second-order valence-corrected chi connectivity index (χ2v) is 10.2. The molecule has 0 fully saturated rings. The molecule has 0 unspecified atom stereocenters. The van der Waals surface area contributed by atoms with Crippen LogP contribution in [0.4, 0.5) is 11.4 Å². The van der Waals surface area contributed by atoms with Gasteiger partial charge in [0.2, 0.25) is 0 Å². The number of aliphatic carboxylic acids is 1. The van der Waals surface area contributed by atoms with E-state index in [1.807, 2.05) is 70.3 Å². The molecule has 0 saturated carbocycles. The van der Waals surface area contributed by atoms with Gasteiger partial charge >= 0.3 is 5.97 Å². The van der Waals surface area contributed by atoms with Gasteiger partial charge in [-0.1, -0.05) is 24.3 Å². The number of carboxylic acid groups (broad SMARTS) is 1. The number of nitrogens with one attached hydrogen (secondary N) is 1. The zero-order chi connectivity index (χ0) is 26.9. The largest absolute Gasteiger partial charge is 0.490 e. The van der Waals surface area contributed by atoms with Crippen LogP contribution >= 0.6 is 0 Å². The fraction of sp³-hybridized carbons (Fsp3) is 0.333. The van der Waals surface area contributed by atoms with Crippen molar-refractivity contribution in [1.82, 2.24) is 0 Å². The topological polar surface area (TPSA) is 88.1 Å². The van der Waals surface area contributed by atoms with E-state index >= 15 is 0 Å². The number of amides is 1. The summed E-state index contributed by atoms with van der Waals surface area (Å²) in [5.74, 6) is 0.350. The molecule has 0 aromatic heterocycles. The molecule has 1 atom stereocenters. The quantitative estimate of drug-likeness (QED) is 0.443. The molecule has 1 amide bonds. The summed E-state index contributed by atoms with van der Waals surface area (Å²) in [6, 6.07) is 17.0. The number of hydrogen-bond donors (Lipinski definition) is 2. The Bertz CT molecular complexity index is 1320. The van der Waals surface area contributed by atoms with Crippen LogP contribution < -0.4 is 19.7 Å². The molecule has 0 spiro atoms. The Balaban J connectivity index is 1.47. The SMILES string of the molecule is Cc1ccc(C(C)(C)C(=O)O)cc1NC(=O)c1c(C)cc(OC[C@@H]2CN(C)c3ccccc3O2)cc1C. The number of ether oxygens (including phenoxy) is 2. The maximum Gasteiger partial charge on any atom is 0.313 e. The molecule has 1 aliphatic heterocycles. The van der Waals surface area contributed by atoms with Crippen LogP contribution in [0.5, 0.6) is 11.5 Å². The van der Waals surface area contributed by atoms with E-state index in [0.717, 1.165) is 28.1 Å². The number of carbonyl (C=O) groups is 2. The highest BCUT2D eigenvalue weighted by Crippen LogP contribution is 2.33. The zero-order valence-electron chi connectivity index (χ0n) is 22.2. The molecule has 2 N–H and O–H groups in total. The maximum atomic E-state index is 13.3. The first-order valence-corrected chi connectivity index (χ1v) is 12.3. The normalized spacial score (nSPS) is 15.0. The minimum Gasteiger partial charge on any atom is -0.490 e. The number of rotatable bonds is 7. The lowest BCUT2D eigenvalue weighted by molar-refractivity contribution is -0.142. The van der Waals surface area contributed by atoms with E-state index in [9.17, 15) is 14.7 Å². The first-order chi connectivity index (χ1) is 17.5.